The van der Waals surface area contributed by atoms with Gasteiger partial charge < -0.3 is 24.3 Å². The van der Waals surface area contributed by atoms with Gasteiger partial charge in [-0.05, 0) is 52.3 Å². The molecule has 10 nitrogen and oxygen atoms in total. The maximum atomic E-state index is 12.9. The van der Waals surface area contributed by atoms with Gasteiger partial charge in [0.15, 0.2) is 23.8 Å². The number of ether oxygens (including phenoxy) is 4. The number of amides is 1. The highest BCUT2D eigenvalue weighted by molar-refractivity contribution is 9.10. The number of esters is 2. The van der Waals surface area contributed by atoms with Crippen molar-refractivity contribution in [2.24, 2.45) is 0 Å². The number of aromatic nitrogens is 2. The number of carbonyl (C=O) groups excluding carboxylic acids is 3. The molecule has 0 saturated heterocycles. The molecular formula is C28H24BrN3O7. The number of nitrogens with one attached hydrogen (secondary N) is 1. The second-order valence-electron chi connectivity index (χ2n) is 8.00. The van der Waals surface area contributed by atoms with E-state index in [-0.39, 0.29) is 41.0 Å². The van der Waals surface area contributed by atoms with E-state index in [0.717, 1.165) is 0 Å². The fourth-order valence-corrected chi connectivity index (χ4v) is 4.37. The number of halogens is 1. The summed E-state index contributed by atoms with van der Waals surface area (Å²) in [6, 6.07) is 21.0. The van der Waals surface area contributed by atoms with Crippen molar-refractivity contribution in [1.82, 2.24) is 9.78 Å². The number of para-hydroxylation sites is 2. The van der Waals surface area contributed by atoms with Crippen LogP contribution in [-0.2, 0) is 14.3 Å². The minimum Gasteiger partial charge on any atom is -0.493 e. The van der Waals surface area contributed by atoms with Crippen molar-refractivity contribution in [3.63, 3.8) is 0 Å². The van der Waals surface area contributed by atoms with Crippen LogP contribution in [0.3, 0.4) is 0 Å². The molecule has 0 saturated carbocycles. The maximum absolute atomic E-state index is 12.9. The Morgan fingerprint density at radius 2 is 1.54 bits per heavy atom. The van der Waals surface area contributed by atoms with Crippen LogP contribution in [0.4, 0.5) is 5.69 Å². The molecule has 4 rings (SSSR count). The Kier molecular flexibility index (Phi) is 8.62. The molecule has 0 fully saturated rings. The first-order valence-electron chi connectivity index (χ1n) is 11.6. The van der Waals surface area contributed by atoms with Gasteiger partial charge in [-0.2, -0.15) is 5.10 Å². The van der Waals surface area contributed by atoms with Gasteiger partial charge in [0, 0.05) is 11.3 Å². The summed E-state index contributed by atoms with van der Waals surface area (Å²) in [6.45, 7) is -0.286. The van der Waals surface area contributed by atoms with Crippen LogP contribution < -0.4 is 14.8 Å². The third-order valence-electron chi connectivity index (χ3n) is 5.56. The molecule has 0 bridgehead atoms. The molecule has 0 aliphatic rings. The minimum absolute atomic E-state index is 0.0851. The molecule has 0 radical (unpaired) electrons. The van der Waals surface area contributed by atoms with Crippen LogP contribution in [0.15, 0.2) is 77.3 Å². The molecule has 1 aromatic heterocycles. The van der Waals surface area contributed by atoms with Gasteiger partial charge in [0.2, 0.25) is 0 Å². The van der Waals surface area contributed by atoms with Gasteiger partial charge in [0.1, 0.15) is 11.3 Å². The normalized spacial score (nSPS) is 10.5. The van der Waals surface area contributed by atoms with Crippen molar-refractivity contribution >= 4 is 39.5 Å². The second kappa shape index (κ2) is 12.3. The lowest BCUT2D eigenvalue weighted by Crippen LogP contribution is -2.20. The predicted molar refractivity (Wildman–Crippen MR) is 146 cm³/mol. The molecule has 0 aliphatic carbocycles. The van der Waals surface area contributed by atoms with E-state index in [1.54, 1.807) is 48.5 Å². The predicted octanol–water partition coefficient (Wildman–Crippen LogP) is 4.90. The van der Waals surface area contributed by atoms with Gasteiger partial charge in [-0.3, -0.25) is 4.79 Å². The highest BCUT2D eigenvalue weighted by Crippen LogP contribution is 2.41. The van der Waals surface area contributed by atoms with Crippen LogP contribution in [0, 0.1) is 0 Å². The Labute approximate surface area is 232 Å². The van der Waals surface area contributed by atoms with Crippen LogP contribution in [0.25, 0.3) is 16.9 Å². The van der Waals surface area contributed by atoms with E-state index < -0.39 is 11.9 Å². The maximum Gasteiger partial charge on any atom is 0.357 e. The van der Waals surface area contributed by atoms with E-state index >= 15 is 0 Å². The third-order valence-corrected chi connectivity index (χ3v) is 6.15. The van der Waals surface area contributed by atoms with Crippen molar-refractivity contribution in [2.45, 2.75) is 0 Å². The number of anilines is 1. The van der Waals surface area contributed by atoms with E-state index in [2.05, 4.69) is 26.3 Å². The summed E-state index contributed by atoms with van der Waals surface area (Å²) in [4.78, 5) is 38.2. The molecule has 39 heavy (non-hydrogen) atoms. The molecule has 1 heterocycles. The second-order valence-corrected chi connectivity index (χ2v) is 8.85. The first-order chi connectivity index (χ1) is 18.9. The van der Waals surface area contributed by atoms with Gasteiger partial charge in [-0.15, -0.1) is 0 Å². The zero-order valence-electron chi connectivity index (χ0n) is 21.3. The molecule has 0 atom stereocenters. The molecule has 200 valence electrons. The van der Waals surface area contributed by atoms with E-state index in [0.29, 0.717) is 21.4 Å². The third kappa shape index (κ3) is 5.93. The van der Waals surface area contributed by atoms with Crippen molar-refractivity contribution < 1.29 is 33.3 Å². The zero-order valence-corrected chi connectivity index (χ0v) is 22.9. The number of hydrogen-bond donors (Lipinski definition) is 1. The molecule has 1 N–H and O–H groups in total. The van der Waals surface area contributed by atoms with Gasteiger partial charge in [-0.1, -0.05) is 36.4 Å². The lowest BCUT2D eigenvalue weighted by Gasteiger charge is -2.14. The molecule has 3 aromatic carbocycles. The number of methoxy groups -OCH3 is 3. The Hall–Kier alpha value is -4.64. The molecule has 0 unspecified atom stereocenters. The van der Waals surface area contributed by atoms with Crippen molar-refractivity contribution in [3.05, 3.63) is 88.5 Å². The fourth-order valence-electron chi connectivity index (χ4n) is 3.81. The summed E-state index contributed by atoms with van der Waals surface area (Å²) in [7, 11) is 3.86. The summed E-state index contributed by atoms with van der Waals surface area (Å²) in [6.07, 6.45) is 0. The van der Waals surface area contributed by atoms with E-state index in [1.165, 1.54) is 26.0 Å². The first kappa shape index (κ1) is 27.4. The van der Waals surface area contributed by atoms with E-state index in [4.69, 9.17) is 18.9 Å². The summed E-state index contributed by atoms with van der Waals surface area (Å²) in [5, 5.41) is 7.33. The number of benzene rings is 3. The number of hydrogen-bond acceptors (Lipinski definition) is 8. The molecule has 0 aliphatic heterocycles. The van der Waals surface area contributed by atoms with E-state index in [9.17, 15) is 14.4 Å². The zero-order chi connectivity index (χ0) is 27.9. The first-order valence-corrected chi connectivity index (χ1v) is 12.4. The molecule has 1 amide bonds. The lowest BCUT2D eigenvalue weighted by molar-refractivity contribution is -0.118. The smallest absolute Gasteiger partial charge is 0.357 e. The summed E-state index contributed by atoms with van der Waals surface area (Å²) < 4.78 is 23.0. The lowest BCUT2D eigenvalue weighted by atomic mass is 10.0. The Morgan fingerprint density at radius 3 is 2.15 bits per heavy atom. The topological polar surface area (TPSA) is 118 Å². The minimum atomic E-state index is -0.777. The van der Waals surface area contributed by atoms with Crippen LogP contribution in [-0.4, -0.2) is 55.6 Å². The highest BCUT2D eigenvalue weighted by atomic mass is 79.9. The molecule has 11 heteroatoms. The van der Waals surface area contributed by atoms with Crippen molar-refractivity contribution in [3.8, 4) is 28.4 Å². The van der Waals surface area contributed by atoms with Crippen LogP contribution in [0.5, 0.6) is 11.5 Å². The summed E-state index contributed by atoms with van der Waals surface area (Å²) in [5.41, 5.74) is 1.55. The largest absolute Gasteiger partial charge is 0.493 e. The Morgan fingerprint density at radius 1 is 0.897 bits per heavy atom. The van der Waals surface area contributed by atoms with Gasteiger partial charge in [-0.25, -0.2) is 14.3 Å². The molecular weight excluding hydrogens is 570 g/mol. The quantitative estimate of drug-likeness (QED) is 0.272. The van der Waals surface area contributed by atoms with Gasteiger partial charge >= 0.3 is 11.9 Å². The summed E-state index contributed by atoms with van der Waals surface area (Å²) >= 11 is 3.47. The SMILES string of the molecule is COC(=O)c1c(-c2cc(Br)c(OCC(=O)Nc3ccccc3)c(OC)c2)nn(-c2ccccc2)c1C(=O)OC. The van der Waals surface area contributed by atoms with E-state index in [1.807, 2.05) is 24.3 Å². The molecule has 0 spiro atoms. The standard InChI is InChI=1S/C28H24BrN3O7/c1-36-21-15-17(14-20(29)26(21)39-16-22(33)30-18-10-6-4-7-11-18)24-23(27(34)37-2)25(28(35)38-3)32(31-24)19-12-8-5-9-13-19/h4-15H,16H2,1-3H3,(H,30,33). The highest BCUT2D eigenvalue weighted by Gasteiger charge is 2.32. The van der Waals surface area contributed by atoms with Crippen molar-refractivity contribution in [2.75, 3.05) is 33.3 Å². The van der Waals surface area contributed by atoms with Crippen LogP contribution in [0.2, 0.25) is 0 Å². The van der Waals surface area contributed by atoms with Crippen molar-refractivity contribution in [1.29, 1.82) is 0 Å². The Balaban J connectivity index is 1.75. The van der Waals surface area contributed by atoms with Crippen LogP contribution in [0.1, 0.15) is 20.8 Å². The average Bonchev–Trinajstić information content (AvgIpc) is 3.37. The average molecular weight is 594 g/mol. The fraction of sp³-hybridized carbons (Fsp3) is 0.143. The number of nitrogens with zero attached hydrogens (tertiary/aromatic N) is 2. The summed E-state index contributed by atoms with van der Waals surface area (Å²) in [5.74, 6) is -1.39. The Bertz CT molecular complexity index is 1500. The number of rotatable bonds is 9. The monoisotopic (exact) mass is 593 g/mol. The molecule has 4 aromatic rings. The van der Waals surface area contributed by atoms with Crippen LogP contribution >= 0.6 is 15.9 Å². The number of carbonyl (C=O) groups is 3. The van der Waals surface area contributed by atoms with Gasteiger partial charge in [0.25, 0.3) is 5.91 Å². The van der Waals surface area contributed by atoms with Gasteiger partial charge in [0.05, 0.1) is 31.5 Å².